The van der Waals surface area contributed by atoms with Crippen LogP contribution in [0.4, 0.5) is 4.39 Å². The first-order valence-electron chi connectivity index (χ1n) is 10.2. The van der Waals surface area contributed by atoms with Crippen molar-refractivity contribution in [3.8, 4) is 0 Å². The van der Waals surface area contributed by atoms with Gasteiger partial charge in [0.15, 0.2) is 11.5 Å². The Kier molecular flexibility index (Phi) is 5.78. The summed E-state index contributed by atoms with van der Waals surface area (Å²) >= 11 is 0. The number of piperazine rings is 1. The van der Waals surface area contributed by atoms with Crippen molar-refractivity contribution in [2.45, 2.75) is 32.5 Å². The molecule has 1 N–H and O–H groups in total. The summed E-state index contributed by atoms with van der Waals surface area (Å²) in [5.74, 6) is 0.303. The fourth-order valence-corrected chi connectivity index (χ4v) is 3.98. The van der Waals surface area contributed by atoms with Crippen LogP contribution in [0.2, 0.25) is 0 Å². The van der Waals surface area contributed by atoms with Gasteiger partial charge < -0.3 is 10.2 Å². The lowest BCUT2D eigenvalue weighted by atomic mass is 10.1. The number of hydrogen-bond acceptors (Lipinski definition) is 5. The number of carbonyl (C=O) groups is 1. The van der Waals surface area contributed by atoms with E-state index in [0.717, 1.165) is 25.5 Å². The number of likely N-dealkylation sites (N-methyl/N-ethyl adjacent to an activating group) is 1. The molecular formula is C22H27FN6O. The van der Waals surface area contributed by atoms with Crippen molar-refractivity contribution < 1.29 is 9.18 Å². The lowest BCUT2D eigenvalue weighted by molar-refractivity contribution is 0.0586. The normalized spacial score (nSPS) is 18.2. The van der Waals surface area contributed by atoms with E-state index in [2.05, 4.69) is 46.2 Å². The Labute approximate surface area is 175 Å². The number of carbonyl (C=O) groups excluding carboxylic acids is 1. The summed E-state index contributed by atoms with van der Waals surface area (Å²) in [6.07, 6.45) is 1.79. The van der Waals surface area contributed by atoms with Gasteiger partial charge in [-0.1, -0.05) is 12.1 Å². The van der Waals surface area contributed by atoms with Crippen molar-refractivity contribution in [1.29, 1.82) is 0 Å². The molecule has 1 atom stereocenters. The topological polar surface area (TPSA) is 65.8 Å². The standard InChI is InChI=1S/C22H27FN6O/c1-15(2)28-10-9-27(3)14-19(28)21-26-25-20-8-7-17(13-29(20)21)22(30)24-12-16-5-4-6-18(23)11-16/h4-8,11,13,15,19H,9-10,12,14H2,1-3H3,(H,24,30). The van der Waals surface area contributed by atoms with Gasteiger partial charge in [-0.15, -0.1) is 10.2 Å². The van der Waals surface area contributed by atoms with E-state index >= 15 is 0 Å². The maximum atomic E-state index is 13.4. The van der Waals surface area contributed by atoms with Crippen LogP contribution < -0.4 is 5.32 Å². The van der Waals surface area contributed by atoms with Crippen molar-refractivity contribution in [3.05, 3.63) is 65.4 Å². The molecule has 1 aromatic carbocycles. The molecule has 4 rings (SSSR count). The zero-order valence-electron chi connectivity index (χ0n) is 17.5. The second-order valence-electron chi connectivity index (χ2n) is 8.13. The zero-order valence-corrected chi connectivity index (χ0v) is 17.5. The van der Waals surface area contributed by atoms with Crippen LogP contribution >= 0.6 is 0 Å². The second kappa shape index (κ2) is 8.49. The number of halogens is 1. The molecule has 8 heteroatoms. The molecule has 158 valence electrons. The van der Waals surface area contributed by atoms with Crippen LogP contribution in [0.5, 0.6) is 0 Å². The predicted octanol–water partition coefficient (Wildman–Crippen LogP) is 2.50. The zero-order chi connectivity index (χ0) is 21.3. The third-order valence-electron chi connectivity index (χ3n) is 5.62. The van der Waals surface area contributed by atoms with Crippen LogP contribution in [0.25, 0.3) is 5.65 Å². The summed E-state index contributed by atoms with van der Waals surface area (Å²) in [6.45, 7) is 7.47. The minimum atomic E-state index is -0.315. The fourth-order valence-electron chi connectivity index (χ4n) is 3.98. The lowest BCUT2D eigenvalue weighted by Crippen LogP contribution is -2.50. The maximum Gasteiger partial charge on any atom is 0.253 e. The van der Waals surface area contributed by atoms with Crippen molar-refractivity contribution in [1.82, 2.24) is 29.7 Å². The number of aromatic nitrogens is 3. The van der Waals surface area contributed by atoms with Crippen molar-refractivity contribution >= 4 is 11.6 Å². The van der Waals surface area contributed by atoms with Crippen LogP contribution in [0.15, 0.2) is 42.6 Å². The first-order valence-corrected chi connectivity index (χ1v) is 10.2. The van der Waals surface area contributed by atoms with Crippen LogP contribution in [-0.2, 0) is 6.54 Å². The van der Waals surface area contributed by atoms with E-state index in [1.807, 2.05) is 4.40 Å². The minimum absolute atomic E-state index is 0.101. The molecule has 1 aliphatic rings. The molecule has 0 bridgehead atoms. The van der Waals surface area contributed by atoms with E-state index in [1.165, 1.54) is 12.1 Å². The Morgan fingerprint density at radius 3 is 2.83 bits per heavy atom. The molecule has 0 radical (unpaired) electrons. The van der Waals surface area contributed by atoms with Crippen LogP contribution in [0, 0.1) is 5.82 Å². The van der Waals surface area contributed by atoms with Crippen LogP contribution in [-0.4, -0.2) is 63.0 Å². The largest absolute Gasteiger partial charge is 0.348 e. The van der Waals surface area contributed by atoms with Gasteiger partial charge in [-0.2, -0.15) is 0 Å². The Balaban J connectivity index is 1.58. The molecule has 1 saturated heterocycles. The Bertz CT molecular complexity index is 1050. The number of nitrogens with zero attached hydrogens (tertiary/aromatic N) is 5. The highest BCUT2D eigenvalue weighted by Crippen LogP contribution is 2.26. The number of rotatable bonds is 5. The number of nitrogens with one attached hydrogen (secondary N) is 1. The number of amides is 1. The Morgan fingerprint density at radius 2 is 2.07 bits per heavy atom. The third-order valence-corrected chi connectivity index (χ3v) is 5.62. The van der Waals surface area contributed by atoms with Gasteiger partial charge in [0.2, 0.25) is 0 Å². The average Bonchev–Trinajstić information content (AvgIpc) is 3.15. The summed E-state index contributed by atoms with van der Waals surface area (Å²) in [7, 11) is 2.11. The van der Waals surface area contributed by atoms with E-state index in [-0.39, 0.29) is 24.3 Å². The van der Waals surface area contributed by atoms with E-state index < -0.39 is 0 Å². The van der Waals surface area contributed by atoms with Gasteiger partial charge in [0.1, 0.15) is 5.82 Å². The van der Waals surface area contributed by atoms with E-state index in [0.29, 0.717) is 22.8 Å². The summed E-state index contributed by atoms with van der Waals surface area (Å²) in [6, 6.07) is 10.2. The van der Waals surface area contributed by atoms with Gasteiger partial charge in [0.25, 0.3) is 5.91 Å². The minimum Gasteiger partial charge on any atom is -0.348 e. The molecule has 2 aromatic heterocycles. The van der Waals surface area contributed by atoms with Crippen LogP contribution in [0.3, 0.4) is 0 Å². The summed E-state index contributed by atoms with van der Waals surface area (Å²) in [4.78, 5) is 17.4. The number of hydrogen-bond donors (Lipinski definition) is 1. The van der Waals surface area contributed by atoms with E-state index in [4.69, 9.17) is 0 Å². The summed E-state index contributed by atoms with van der Waals surface area (Å²) < 4.78 is 15.3. The summed E-state index contributed by atoms with van der Waals surface area (Å²) in [5.41, 5.74) is 1.94. The van der Waals surface area contributed by atoms with E-state index in [1.54, 1.807) is 30.5 Å². The molecule has 30 heavy (non-hydrogen) atoms. The first-order chi connectivity index (χ1) is 14.4. The number of fused-ring (bicyclic) bond motifs is 1. The van der Waals surface area contributed by atoms with Gasteiger partial charge in [-0.05, 0) is 50.7 Å². The Morgan fingerprint density at radius 1 is 1.23 bits per heavy atom. The molecular weight excluding hydrogens is 383 g/mol. The van der Waals surface area contributed by atoms with Gasteiger partial charge in [0.05, 0.1) is 11.6 Å². The smallest absolute Gasteiger partial charge is 0.253 e. The van der Waals surface area contributed by atoms with Crippen molar-refractivity contribution in [2.75, 3.05) is 26.7 Å². The molecule has 1 aliphatic heterocycles. The van der Waals surface area contributed by atoms with Crippen molar-refractivity contribution in [2.24, 2.45) is 0 Å². The highest BCUT2D eigenvalue weighted by atomic mass is 19.1. The molecule has 0 spiro atoms. The quantitative estimate of drug-likeness (QED) is 0.700. The van der Waals surface area contributed by atoms with Gasteiger partial charge in [-0.25, -0.2) is 4.39 Å². The average molecular weight is 410 g/mol. The first kappa shape index (κ1) is 20.4. The van der Waals surface area contributed by atoms with E-state index in [9.17, 15) is 9.18 Å². The Hall–Kier alpha value is -2.84. The van der Waals surface area contributed by atoms with Crippen LogP contribution in [0.1, 0.15) is 41.6 Å². The highest BCUT2D eigenvalue weighted by molar-refractivity contribution is 5.94. The molecule has 1 amide bonds. The highest BCUT2D eigenvalue weighted by Gasteiger charge is 2.31. The monoisotopic (exact) mass is 410 g/mol. The number of benzene rings is 1. The predicted molar refractivity (Wildman–Crippen MR) is 113 cm³/mol. The number of pyridine rings is 1. The molecule has 0 aliphatic carbocycles. The molecule has 0 saturated carbocycles. The SMILES string of the molecule is CC(C)N1CCN(C)CC1c1nnc2ccc(C(=O)NCc3cccc(F)c3)cn12. The van der Waals surface area contributed by atoms with Gasteiger partial charge >= 0.3 is 0 Å². The molecule has 3 heterocycles. The third kappa shape index (κ3) is 4.20. The molecule has 7 nitrogen and oxygen atoms in total. The molecule has 1 fully saturated rings. The van der Waals surface area contributed by atoms with Gasteiger partial charge in [0, 0.05) is 38.4 Å². The fraction of sp³-hybridized carbons (Fsp3) is 0.409. The maximum absolute atomic E-state index is 13.4. The second-order valence-corrected chi connectivity index (χ2v) is 8.13. The molecule has 3 aromatic rings. The molecule has 1 unspecified atom stereocenters. The lowest BCUT2D eigenvalue weighted by Gasteiger charge is -2.41. The van der Waals surface area contributed by atoms with Crippen molar-refractivity contribution in [3.63, 3.8) is 0 Å². The summed E-state index contributed by atoms with van der Waals surface area (Å²) in [5, 5.41) is 11.6. The van der Waals surface area contributed by atoms with Gasteiger partial charge in [-0.3, -0.25) is 14.1 Å².